The summed E-state index contributed by atoms with van der Waals surface area (Å²) in [6.07, 6.45) is -1.56. The third kappa shape index (κ3) is 5.89. The van der Waals surface area contributed by atoms with E-state index < -0.39 is 23.1 Å². The highest BCUT2D eigenvalue weighted by Gasteiger charge is 2.58. The van der Waals surface area contributed by atoms with Crippen molar-refractivity contribution in [1.82, 2.24) is 9.97 Å². The lowest BCUT2D eigenvalue weighted by atomic mass is 9.91. The van der Waals surface area contributed by atoms with Crippen molar-refractivity contribution in [2.45, 2.75) is 37.9 Å². The molecule has 1 aliphatic carbocycles. The Labute approximate surface area is 274 Å². The van der Waals surface area contributed by atoms with Crippen molar-refractivity contribution < 1.29 is 32.2 Å². The summed E-state index contributed by atoms with van der Waals surface area (Å²) in [5.41, 5.74) is 3.17. The maximum Gasteiger partial charge on any atom is 0.416 e. The number of morpholine rings is 1. The number of carbonyl (C=O) groups excluding carboxylic acids is 2. The fourth-order valence-electron chi connectivity index (χ4n) is 6.34. The van der Waals surface area contributed by atoms with E-state index in [1.807, 2.05) is 25.1 Å². The molecule has 0 radical (unpaired) electrons. The number of nitrogens with one attached hydrogen (secondary N) is 2. The van der Waals surface area contributed by atoms with E-state index in [1.165, 1.54) is 12.1 Å². The predicted molar refractivity (Wildman–Crippen MR) is 174 cm³/mol. The van der Waals surface area contributed by atoms with E-state index in [4.69, 9.17) is 14.5 Å². The third-order valence-electron chi connectivity index (χ3n) is 9.05. The number of methoxy groups -OCH3 is 1. The number of carbonyl (C=O) groups is 2. The molecule has 2 amide bonds. The van der Waals surface area contributed by atoms with Crippen molar-refractivity contribution in [1.29, 1.82) is 0 Å². The topological polar surface area (TPSA) is 109 Å². The number of aromatic nitrogens is 2. The fourth-order valence-corrected chi connectivity index (χ4v) is 6.34. The molecule has 13 heteroatoms. The summed E-state index contributed by atoms with van der Waals surface area (Å²) in [7, 11) is 1.63. The van der Waals surface area contributed by atoms with E-state index in [0.717, 1.165) is 47.7 Å². The lowest BCUT2D eigenvalue weighted by Gasteiger charge is -2.34. The van der Waals surface area contributed by atoms with Gasteiger partial charge in [0.25, 0.3) is 5.91 Å². The second-order valence-corrected chi connectivity index (χ2v) is 12.2. The molecule has 7 rings (SSSR count). The van der Waals surface area contributed by atoms with Gasteiger partial charge in [-0.1, -0.05) is 12.1 Å². The van der Waals surface area contributed by atoms with Gasteiger partial charge < -0.3 is 29.9 Å². The first-order chi connectivity index (χ1) is 23.1. The maximum absolute atomic E-state index is 14.1. The van der Waals surface area contributed by atoms with Gasteiger partial charge in [-0.15, -0.1) is 0 Å². The average Bonchev–Trinajstić information content (AvgIpc) is 3.89. The van der Waals surface area contributed by atoms with Gasteiger partial charge in [-0.25, -0.2) is 9.97 Å². The van der Waals surface area contributed by atoms with E-state index in [-0.39, 0.29) is 18.0 Å². The van der Waals surface area contributed by atoms with Gasteiger partial charge in [0.15, 0.2) is 0 Å². The number of hydrogen-bond donors (Lipinski definition) is 2. The van der Waals surface area contributed by atoms with Crippen LogP contribution >= 0.6 is 0 Å². The van der Waals surface area contributed by atoms with E-state index in [1.54, 1.807) is 36.4 Å². The van der Waals surface area contributed by atoms with Gasteiger partial charge in [0.1, 0.15) is 5.75 Å². The van der Waals surface area contributed by atoms with E-state index in [2.05, 4.69) is 20.5 Å². The van der Waals surface area contributed by atoms with E-state index in [9.17, 15) is 22.8 Å². The monoisotopic (exact) mass is 658 g/mol. The van der Waals surface area contributed by atoms with Crippen molar-refractivity contribution in [2.75, 3.05) is 53.8 Å². The molecule has 3 heterocycles. The molecule has 0 unspecified atom stereocenters. The normalized spacial score (nSPS) is 16.8. The molecule has 1 aromatic heterocycles. The number of ether oxygens (including phenoxy) is 2. The van der Waals surface area contributed by atoms with Crippen LogP contribution in [-0.2, 0) is 27.7 Å². The Morgan fingerprint density at radius 2 is 1.77 bits per heavy atom. The van der Waals surface area contributed by atoms with Crippen LogP contribution in [0.3, 0.4) is 0 Å². The first kappa shape index (κ1) is 31.4. The van der Waals surface area contributed by atoms with Crippen molar-refractivity contribution in [3.63, 3.8) is 0 Å². The SMILES string of the molecule is COc1cc(Nc2ncc3c(n2)C2(CC2)C(=O)N(c2cc(NC(=O)c4cccc(C(F)(F)F)c4)ccc2C)C3)ccc1N1CCOCC1. The van der Waals surface area contributed by atoms with Crippen LogP contribution in [-0.4, -0.2) is 55.2 Å². The van der Waals surface area contributed by atoms with Crippen LogP contribution < -0.4 is 25.2 Å². The van der Waals surface area contributed by atoms with Gasteiger partial charge in [0.2, 0.25) is 11.9 Å². The number of hydrogen-bond acceptors (Lipinski definition) is 8. The number of halogens is 3. The molecule has 3 aliphatic rings. The van der Waals surface area contributed by atoms with E-state index >= 15 is 0 Å². The zero-order valence-electron chi connectivity index (χ0n) is 26.4. The van der Waals surface area contributed by atoms with Crippen LogP contribution in [0, 0.1) is 6.92 Å². The first-order valence-electron chi connectivity index (χ1n) is 15.6. The molecular formula is C35H33F3N6O4. The smallest absolute Gasteiger partial charge is 0.416 e. The number of nitrogens with zero attached hydrogens (tertiary/aromatic N) is 4. The van der Waals surface area contributed by atoms with Gasteiger partial charge >= 0.3 is 6.18 Å². The van der Waals surface area contributed by atoms with Crippen molar-refractivity contribution in [3.8, 4) is 5.75 Å². The number of benzene rings is 3. The number of anilines is 5. The second-order valence-electron chi connectivity index (χ2n) is 12.2. The van der Waals surface area contributed by atoms with Crippen LogP contribution in [0.5, 0.6) is 5.75 Å². The summed E-state index contributed by atoms with van der Waals surface area (Å²) in [5, 5.41) is 5.95. The number of rotatable bonds is 7. The first-order valence-corrected chi connectivity index (χ1v) is 15.6. The van der Waals surface area contributed by atoms with Gasteiger partial charge in [0, 0.05) is 53.5 Å². The summed E-state index contributed by atoms with van der Waals surface area (Å²) in [6, 6.07) is 15.2. The average molecular weight is 659 g/mol. The largest absolute Gasteiger partial charge is 0.495 e. The molecule has 2 N–H and O–H groups in total. The molecule has 0 atom stereocenters. The maximum atomic E-state index is 14.1. The molecule has 4 aromatic rings. The van der Waals surface area contributed by atoms with Gasteiger partial charge in [-0.2, -0.15) is 13.2 Å². The Morgan fingerprint density at radius 3 is 2.50 bits per heavy atom. The summed E-state index contributed by atoms with van der Waals surface area (Å²) >= 11 is 0. The molecule has 1 saturated heterocycles. The fraction of sp³-hybridized carbons (Fsp3) is 0.314. The van der Waals surface area contributed by atoms with Crippen LogP contribution in [0.1, 0.15) is 45.6 Å². The summed E-state index contributed by atoms with van der Waals surface area (Å²) in [6.45, 7) is 4.97. The quantitative estimate of drug-likeness (QED) is 0.241. The number of aryl methyl sites for hydroxylation is 1. The summed E-state index contributed by atoms with van der Waals surface area (Å²) in [5.74, 6) is 0.304. The lowest BCUT2D eigenvalue weighted by molar-refractivity contribution is -0.137. The minimum atomic E-state index is -4.57. The second kappa shape index (κ2) is 12.1. The molecule has 2 fully saturated rings. The van der Waals surface area contributed by atoms with Crippen LogP contribution in [0.2, 0.25) is 0 Å². The van der Waals surface area contributed by atoms with Crippen molar-refractivity contribution in [3.05, 3.63) is 94.8 Å². The minimum Gasteiger partial charge on any atom is -0.495 e. The standard InChI is InChI=1S/C35H33F3N6O4/c1-21-6-7-25(40-31(45)22-4-3-5-24(16-22)35(36,37)38)17-28(21)44-20-23-19-39-33(42-30(23)34(10-11-34)32(44)46)41-26-8-9-27(29(18-26)47-2)43-12-14-48-15-13-43/h3-9,16-19H,10-15,20H2,1-2H3,(H,40,45)(H,39,41,42). The Bertz CT molecular complexity index is 1910. The summed E-state index contributed by atoms with van der Waals surface area (Å²) in [4.78, 5) is 40.3. The van der Waals surface area contributed by atoms with Gasteiger partial charge in [-0.05, 0) is 67.8 Å². The molecule has 1 spiro atoms. The molecule has 10 nitrogen and oxygen atoms in total. The Kier molecular flexibility index (Phi) is 7.94. The Morgan fingerprint density at radius 1 is 1.00 bits per heavy atom. The zero-order valence-corrected chi connectivity index (χ0v) is 26.4. The zero-order chi connectivity index (χ0) is 33.6. The number of amides is 2. The Balaban J connectivity index is 1.11. The Hall–Kier alpha value is -5.17. The molecular weight excluding hydrogens is 625 g/mol. The highest BCUT2D eigenvalue weighted by atomic mass is 19.4. The highest BCUT2D eigenvalue weighted by molar-refractivity contribution is 6.07. The van der Waals surface area contributed by atoms with E-state index in [0.29, 0.717) is 54.8 Å². The van der Waals surface area contributed by atoms with Crippen LogP contribution in [0.25, 0.3) is 0 Å². The molecule has 0 bridgehead atoms. The number of fused-ring (bicyclic) bond motifs is 2. The highest BCUT2D eigenvalue weighted by Crippen LogP contribution is 2.53. The summed E-state index contributed by atoms with van der Waals surface area (Å²) < 4.78 is 50.8. The van der Waals surface area contributed by atoms with Gasteiger partial charge in [0.05, 0.1) is 49.2 Å². The van der Waals surface area contributed by atoms with Gasteiger partial charge in [-0.3, -0.25) is 9.59 Å². The lowest BCUT2D eigenvalue weighted by Crippen LogP contribution is -2.45. The third-order valence-corrected chi connectivity index (χ3v) is 9.05. The molecule has 2 aliphatic heterocycles. The van der Waals surface area contributed by atoms with Crippen molar-refractivity contribution in [2.24, 2.45) is 0 Å². The molecule has 3 aromatic carbocycles. The predicted octanol–water partition coefficient (Wildman–Crippen LogP) is 6.22. The molecule has 1 saturated carbocycles. The molecule has 248 valence electrons. The molecule has 48 heavy (non-hydrogen) atoms. The van der Waals surface area contributed by atoms with Crippen molar-refractivity contribution >= 4 is 40.5 Å². The number of alkyl halides is 3. The van der Waals surface area contributed by atoms with Crippen LogP contribution in [0.4, 0.5) is 41.9 Å². The van der Waals surface area contributed by atoms with Crippen LogP contribution in [0.15, 0.2) is 66.9 Å². The minimum absolute atomic E-state index is 0.0966.